The molecule has 0 unspecified atom stereocenters. The van der Waals surface area contributed by atoms with Crippen LogP contribution in [0.25, 0.3) is 0 Å². The zero-order chi connectivity index (χ0) is 18.4. The van der Waals surface area contributed by atoms with Crippen molar-refractivity contribution in [3.63, 3.8) is 0 Å². The number of aromatic nitrogens is 2. The molecule has 25 heavy (non-hydrogen) atoms. The lowest BCUT2D eigenvalue weighted by atomic mass is 10.3. The number of benzene rings is 1. The van der Waals surface area contributed by atoms with E-state index in [0.717, 1.165) is 0 Å². The standard InChI is InChI=1S/C16H19FN4O4/c1-12-18-15(21(23)24)11-20(12)8-7-16(22)19(2)9-10-25-14-5-3-13(17)4-6-14/h3-6,11H,7-10H2,1-2H3. The Morgan fingerprint density at radius 1 is 1.40 bits per heavy atom. The number of aryl methyl sites for hydroxylation is 2. The van der Waals surface area contributed by atoms with Gasteiger partial charge in [-0.15, -0.1) is 0 Å². The van der Waals surface area contributed by atoms with E-state index < -0.39 is 4.92 Å². The van der Waals surface area contributed by atoms with Crippen molar-refractivity contribution in [1.29, 1.82) is 0 Å². The average Bonchev–Trinajstić information content (AvgIpc) is 2.95. The maximum Gasteiger partial charge on any atom is 0.381 e. The topological polar surface area (TPSA) is 90.5 Å². The van der Waals surface area contributed by atoms with Crippen LogP contribution in [0.4, 0.5) is 10.2 Å². The molecule has 1 heterocycles. The van der Waals surface area contributed by atoms with E-state index in [2.05, 4.69) is 4.98 Å². The fraction of sp³-hybridized carbons (Fsp3) is 0.375. The number of carbonyl (C=O) groups is 1. The maximum absolute atomic E-state index is 12.8. The molecular formula is C16H19FN4O4. The molecule has 2 aromatic rings. The van der Waals surface area contributed by atoms with E-state index in [9.17, 15) is 19.3 Å². The number of rotatable bonds is 8. The van der Waals surface area contributed by atoms with Gasteiger partial charge in [-0.1, -0.05) is 0 Å². The van der Waals surface area contributed by atoms with Crippen molar-refractivity contribution in [2.24, 2.45) is 0 Å². The van der Waals surface area contributed by atoms with E-state index >= 15 is 0 Å². The molecule has 1 aromatic carbocycles. The molecule has 0 fully saturated rings. The summed E-state index contributed by atoms with van der Waals surface area (Å²) in [5.41, 5.74) is 0. The average molecular weight is 350 g/mol. The van der Waals surface area contributed by atoms with E-state index in [1.807, 2.05) is 0 Å². The van der Waals surface area contributed by atoms with Crippen molar-refractivity contribution in [3.8, 4) is 5.75 Å². The lowest BCUT2D eigenvalue weighted by Gasteiger charge is -2.17. The maximum atomic E-state index is 12.8. The summed E-state index contributed by atoms with van der Waals surface area (Å²) in [4.78, 5) is 27.6. The third-order valence-electron chi connectivity index (χ3n) is 3.65. The van der Waals surface area contributed by atoms with Crippen LogP contribution in [-0.2, 0) is 11.3 Å². The largest absolute Gasteiger partial charge is 0.492 e. The van der Waals surface area contributed by atoms with Gasteiger partial charge in [0.1, 0.15) is 24.4 Å². The summed E-state index contributed by atoms with van der Waals surface area (Å²) in [5, 5.41) is 10.7. The lowest BCUT2D eigenvalue weighted by molar-refractivity contribution is -0.389. The van der Waals surface area contributed by atoms with Gasteiger partial charge >= 0.3 is 5.82 Å². The molecule has 0 N–H and O–H groups in total. The third kappa shape index (κ3) is 5.27. The summed E-state index contributed by atoms with van der Waals surface area (Å²) in [5.74, 6) is 0.338. The molecule has 8 nitrogen and oxygen atoms in total. The van der Waals surface area contributed by atoms with E-state index in [1.54, 1.807) is 18.5 Å². The minimum Gasteiger partial charge on any atom is -0.492 e. The SMILES string of the molecule is Cc1nc([N+](=O)[O-])cn1CCC(=O)N(C)CCOc1ccc(F)cc1. The normalized spacial score (nSPS) is 10.5. The Balaban J connectivity index is 1.76. The smallest absolute Gasteiger partial charge is 0.381 e. The third-order valence-corrected chi connectivity index (χ3v) is 3.65. The van der Waals surface area contributed by atoms with E-state index in [-0.39, 0.29) is 30.6 Å². The molecule has 2 rings (SSSR count). The van der Waals surface area contributed by atoms with Crippen LogP contribution < -0.4 is 4.74 Å². The van der Waals surface area contributed by atoms with Gasteiger partial charge in [0, 0.05) is 26.9 Å². The van der Waals surface area contributed by atoms with Crippen LogP contribution >= 0.6 is 0 Å². The molecule has 0 radical (unpaired) electrons. The van der Waals surface area contributed by atoms with Gasteiger partial charge in [0.05, 0.1) is 6.54 Å². The van der Waals surface area contributed by atoms with Gasteiger partial charge in [-0.2, -0.15) is 0 Å². The Hall–Kier alpha value is -2.97. The molecule has 0 spiro atoms. The number of nitro groups is 1. The van der Waals surface area contributed by atoms with Crippen LogP contribution in [0.1, 0.15) is 12.2 Å². The summed E-state index contributed by atoms with van der Waals surface area (Å²) in [6, 6.07) is 5.64. The van der Waals surface area contributed by atoms with Gasteiger partial charge in [-0.3, -0.25) is 4.79 Å². The van der Waals surface area contributed by atoms with E-state index in [4.69, 9.17) is 4.74 Å². The fourth-order valence-corrected chi connectivity index (χ4v) is 2.17. The van der Waals surface area contributed by atoms with Crippen LogP contribution in [0.15, 0.2) is 30.5 Å². The molecule has 1 aromatic heterocycles. The Morgan fingerprint density at radius 3 is 2.68 bits per heavy atom. The van der Waals surface area contributed by atoms with Gasteiger partial charge < -0.3 is 24.3 Å². The molecule has 1 amide bonds. The molecule has 134 valence electrons. The molecule has 0 saturated carbocycles. The molecule has 0 aliphatic carbocycles. The highest BCUT2D eigenvalue weighted by atomic mass is 19.1. The molecule has 0 saturated heterocycles. The zero-order valence-corrected chi connectivity index (χ0v) is 14.0. The minimum atomic E-state index is -0.565. The summed E-state index contributed by atoms with van der Waals surface area (Å²) in [6.07, 6.45) is 1.52. The van der Waals surface area contributed by atoms with Gasteiger partial charge in [-0.05, 0) is 34.2 Å². The zero-order valence-electron chi connectivity index (χ0n) is 14.0. The Kier molecular flexibility index (Phi) is 6.04. The second kappa shape index (κ2) is 8.22. The van der Waals surface area contributed by atoms with E-state index in [1.165, 1.54) is 35.4 Å². The first kappa shape index (κ1) is 18.4. The number of imidazole rings is 1. The Labute approximate surface area is 144 Å². The highest BCUT2D eigenvalue weighted by molar-refractivity contribution is 5.75. The molecule has 0 bridgehead atoms. The highest BCUT2D eigenvalue weighted by Crippen LogP contribution is 2.12. The van der Waals surface area contributed by atoms with Crippen LogP contribution in [0.2, 0.25) is 0 Å². The quantitative estimate of drug-likeness (QED) is 0.537. The number of ether oxygens (including phenoxy) is 1. The van der Waals surface area contributed by atoms with Crippen LogP contribution in [0.5, 0.6) is 5.75 Å². The minimum absolute atomic E-state index is 0.113. The summed E-state index contributed by atoms with van der Waals surface area (Å²) < 4.78 is 19.8. The first-order valence-corrected chi connectivity index (χ1v) is 7.67. The second-order valence-corrected chi connectivity index (χ2v) is 5.46. The number of hydrogen-bond donors (Lipinski definition) is 0. The monoisotopic (exact) mass is 350 g/mol. The number of amides is 1. The van der Waals surface area contributed by atoms with Gasteiger partial charge in [-0.25, -0.2) is 4.39 Å². The predicted molar refractivity (Wildman–Crippen MR) is 87.8 cm³/mol. The number of hydrogen-bond acceptors (Lipinski definition) is 5. The molecule has 9 heteroatoms. The van der Waals surface area contributed by atoms with Crippen LogP contribution in [0.3, 0.4) is 0 Å². The Morgan fingerprint density at radius 2 is 2.08 bits per heavy atom. The van der Waals surface area contributed by atoms with Crippen molar-refractivity contribution < 1.29 is 18.8 Å². The van der Waals surface area contributed by atoms with Gasteiger partial charge in [0.25, 0.3) is 0 Å². The van der Waals surface area contributed by atoms with Crippen molar-refractivity contribution in [3.05, 3.63) is 52.2 Å². The van der Waals surface area contributed by atoms with Crippen molar-refractivity contribution in [1.82, 2.24) is 14.5 Å². The summed E-state index contributed by atoms with van der Waals surface area (Å²) >= 11 is 0. The van der Waals surface area contributed by atoms with Gasteiger partial charge in [0.2, 0.25) is 11.7 Å². The van der Waals surface area contributed by atoms with Crippen molar-refractivity contribution in [2.75, 3.05) is 20.2 Å². The fourth-order valence-electron chi connectivity index (χ4n) is 2.17. The molecule has 0 atom stereocenters. The van der Waals surface area contributed by atoms with Gasteiger partial charge in [0.15, 0.2) is 0 Å². The highest BCUT2D eigenvalue weighted by Gasteiger charge is 2.16. The van der Waals surface area contributed by atoms with E-state index in [0.29, 0.717) is 24.7 Å². The number of halogens is 1. The first-order chi connectivity index (χ1) is 11.9. The lowest BCUT2D eigenvalue weighted by Crippen LogP contribution is -2.31. The molecular weight excluding hydrogens is 331 g/mol. The molecule has 0 aliphatic rings. The second-order valence-electron chi connectivity index (χ2n) is 5.46. The summed E-state index contributed by atoms with van der Waals surface area (Å²) in [7, 11) is 1.65. The van der Waals surface area contributed by atoms with Crippen LogP contribution in [0, 0.1) is 22.9 Å². The number of likely N-dealkylation sites (N-methyl/N-ethyl adjacent to an activating group) is 1. The predicted octanol–water partition coefficient (Wildman–Crippen LogP) is 2.17. The number of nitrogens with zero attached hydrogens (tertiary/aromatic N) is 4. The number of carbonyl (C=O) groups excluding carboxylic acids is 1. The summed E-state index contributed by atoms with van der Waals surface area (Å²) in [6.45, 7) is 2.62. The van der Waals surface area contributed by atoms with Crippen molar-refractivity contribution >= 4 is 11.7 Å². The van der Waals surface area contributed by atoms with Crippen molar-refractivity contribution in [2.45, 2.75) is 19.9 Å². The Bertz CT molecular complexity index is 745. The van der Waals surface area contributed by atoms with Crippen LogP contribution in [-0.4, -0.2) is 45.5 Å². The first-order valence-electron chi connectivity index (χ1n) is 7.67. The molecule has 0 aliphatic heterocycles.